The first kappa shape index (κ1) is 18.4. The summed E-state index contributed by atoms with van der Waals surface area (Å²) >= 11 is 0.902. The quantitative estimate of drug-likeness (QED) is 0.762. The van der Waals surface area contributed by atoms with Gasteiger partial charge in [0.05, 0.1) is 23.4 Å². The van der Waals surface area contributed by atoms with Crippen molar-refractivity contribution in [1.29, 1.82) is 0 Å². The van der Waals surface area contributed by atoms with Crippen molar-refractivity contribution >= 4 is 27.8 Å². The van der Waals surface area contributed by atoms with Crippen molar-refractivity contribution in [3.63, 3.8) is 0 Å². The average Bonchev–Trinajstić information content (AvgIpc) is 2.83. The number of aromatic nitrogens is 2. The predicted molar refractivity (Wildman–Crippen MR) is 83.1 cm³/mol. The SMILES string of the molecule is COCCn1c(=O)n(C(C)C(F)(F)F)c(=O)c2c(C)c(C=O)sc21. The van der Waals surface area contributed by atoms with E-state index in [2.05, 4.69) is 0 Å². The molecule has 0 radical (unpaired) electrons. The van der Waals surface area contributed by atoms with Gasteiger partial charge in [-0.1, -0.05) is 0 Å². The molecule has 0 saturated carbocycles. The molecule has 1 atom stereocenters. The third-order valence-electron chi connectivity index (χ3n) is 3.77. The Morgan fingerprint density at radius 2 is 1.96 bits per heavy atom. The number of hydrogen-bond acceptors (Lipinski definition) is 5. The Hall–Kier alpha value is -1.94. The minimum Gasteiger partial charge on any atom is -0.383 e. The van der Waals surface area contributed by atoms with E-state index in [1.54, 1.807) is 0 Å². The third-order valence-corrected chi connectivity index (χ3v) is 5.01. The Morgan fingerprint density at radius 3 is 2.46 bits per heavy atom. The summed E-state index contributed by atoms with van der Waals surface area (Å²) in [5.74, 6) is 0. The van der Waals surface area contributed by atoms with Gasteiger partial charge >= 0.3 is 11.9 Å². The topological polar surface area (TPSA) is 70.3 Å². The van der Waals surface area contributed by atoms with E-state index in [1.165, 1.54) is 14.0 Å². The van der Waals surface area contributed by atoms with Gasteiger partial charge in [0.15, 0.2) is 6.29 Å². The number of alkyl halides is 3. The van der Waals surface area contributed by atoms with Crippen molar-refractivity contribution in [2.24, 2.45) is 0 Å². The second-order valence-corrected chi connectivity index (χ2v) is 6.24. The van der Waals surface area contributed by atoms with Gasteiger partial charge in [-0.2, -0.15) is 13.2 Å². The number of carbonyl (C=O) groups excluding carboxylic acids is 1. The lowest BCUT2D eigenvalue weighted by Gasteiger charge is -2.19. The molecule has 0 aliphatic rings. The Morgan fingerprint density at radius 1 is 1.33 bits per heavy atom. The Balaban J connectivity index is 2.94. The van der Waals surface area contributed by atoms with Crippen LogP contribution in [0, 0.1) is 6.92 Å². The number of aryl methyl sites for hydroxylation is 1. The molecule has 0 bridgehead atoms. The van der Waals surface area contributed by atoms with Gasteiger partial charge < -0.3 is 4.74 Å². The number of ether oxygens (including phenoxy) is 1. The number of methoxy groups -OCH3 is 1. The van der Waals surface area contributed by atoms with Crippen molar-refractivity contribution in [1.82, 2.24) is 9.13 Å². The molecule has 2 heterocycles. The van der Waals surface area contributed by atoms with E-state index in [9.17, 15) is 27.6 Å². The monoisotopic (exact) mass is 364 g/mol. The van der Waals surface area contributed by atoms with Gasteiger partial charge in [-0.15, -0.1) is 11.3 Å². The van der Waals surface area contributed by atoms with Gasteiger partial charge in [-0.3, -0.25) is 14.2 Å². The standard InChI is InChI=1S/C14H15F3N2O4S/c1-7-9(6-20)24-12-10(7)11(21)19(8(2)14(15,16)17)13(22)18(12)4-5-23-3/h6,8H,4-5H2,1-3H3. The first-order valence-corrected chi connectivity index (χ1v) is 7.76. The van der Waals surface area contributed by atoms with E-state index in [4.69, 9.17) is 4.74 Å². The van der Waals surface area contributed by atoms with E-state index < -0.39 is 23.5 Å². The lowest BCUT2D eigenvalue weighted by atomic mass is 10.2. The molecule has 0 fully saturated rings. The summed E-state index contributed by atoms with van der Waals surface area (Å²) in [6.07, 6.45) is -4.24. The largest absolute Gasteiger partial charge is 0.409 e. The summed E-state index contributed by atoms with van der Waals surface area (Å²) < 4.78 is 45.3. The molecule has 2 aromatic heterocycles. The zero-order valence-electron chi connectivity index (χ0n) is 13.1. The van der Waals surface area contributed by atoms with E-state index in [1.807, 2.05) is 0 Å². The number of nitrogens with zero attached hydrogens (tertiary/aromatic N) is 2. The summed E-state index contributed by atoms with van der Waals surface area (Å²) in [4.78, 5) is 36.5. The van der Waals surface area contributed by atoms with Crippen LogP contribution < -0.4 is 11.2 Å². The molecule has 1 unspecified atom stereocenters. The molecule has 132 valence electrons. The molecular formula is C14H15F3N2O4S. The van der Waals surface area contributed by atoms with Crippen LogP contribution in [0.2, 0.25) is 0 Å². The fourth-order valence-corrected chi connectivity index (χ4v) is 3.50. The van der Waals surface area contributed by atoms with Gasteiger partial charge in [0.2, 0.25) is 0 Å². The molecule has 0 N–H and O–H groups in total. The number of halogens is 3. The second-order valence-electron chi connectivity index (χ2n) is 5.21. The molecule has 0 aliphatic carbocycles. The lowest BCUT2D eigenvalue weighted by Crippen LogP contribution is -2.45. The number of rotatable bonds is 5. The summed E-state index contributed by atoms with van der Waals surface area (Å²) in [6, 6.07) is -2.28. The molecule has 0 spiro atoms. The number of hydrogen-bond donors (Lipinski definition) is 0. The highest BCUT2D eigenvalue weighted by molar-refractivity contribution is 7.20. The summed E-state index contributed by atoms with van der Waals surface area (Å²) in [7, 11) is 1.38. The Kier molecular flexibility index (Phi) is 5.00. The fraction of sp³-hybridized carbons (Fsp3) is 0.500. The van der Waals surface area contributed by atoms with Crippen LogP contribution in [0.4, 0.5) is 13.2 Å². The number of fused-ring (bicyclic) bond motifs is 1. The van der Waals surface area contributed by atoms with Crippen LogP contribution in [-0.4, -0.2) is 35.3 Å². The lowest BCUT2D eigenvalue weighted by molar-refractivity contribution is -0.164. The highest BCUT2D eigenvalue weighted by atomic mass is 32.1. The van der Waals surface area contributed by atoms with Crippen molar-refractivity contribution in [2.75, 3.05) is 13.7 Å². The first-order valence-electron chi connectivity index (χ1n) is 6.94. The molecule has 2 rings (SSSR count). The van der Waals surface area contributed by atoms with Gasteiger partial charge in [0.25, 0.3) is 5.56 Å². The van der Waals surface area contributed by atoms with Crippen LogP contribution in [0.15, 0.2) is 9.59 Å². The van der Waals surface area contributed by atoms with Gasteiger partial charge in [-0.25, -0.2) is 9.36 Å². The van der Waals surface area contributed by atoms with Crippen molar-refractivity contribution in [3.8, 4) is 0 Å². The summed E-state index contributed by atoms with van der Waals surface area (Å²) in [5, 5.41) is -0.0473. The minimum atomic E-state index is -4.76. The maximum absolute atomic E-state index is 13.1. The Labute approximate surface area is 138 Å². The molecule has 0 amide bonds. The molecule has 24 heavy (non-hydrogen) atoms. The van der Waals surface area contributed by atoms with Gasteiger partial charge in [-0.05, 0) is 19.4 Å². The average molecular weight is 364 g/mol. The normalized spacial score (nSPS) is 13.4. The highest BCUT2D eigenvalue weighted by Gasteiger charge is 2.40. The Bertz CT molecular complexity index is 895. The fourth-order valence-electron chi connectivity index (χ4n) is 2.36. The maximum atomic E-state index is 13.1. The van der Waals surface area contributed by atoms with Crippen molar-refractivity contribution in [2.45, 2.75) is 32.6 Å². The van der Waals surface area contributed by atoms with Crippen molar-refractivity contribution < 1.29 is 22.7 Å². The van der Waals surface area contributed by atoms with E-state index >= 15 is 0 Å². The zero-order valence-corrected chi connectivity index (χ0v) is 14.0. The molecule has 0 aliphatic heterocycles. The van der Waals surface area contributed by atoms with Crippen LogP contribution in [0.25, 0.3) is 10.2 Å². The first-order chi connectivity index (χ1) is 11.1. The molecular weight excluding hydrogens is 349 g/mol. The smallest absolute Gasteiger partial charge is 0.383 e. The minimum absolute atomic E-state index is 0.0328. The summed E-state index contributed by atoms with van der Waals surface area (Å²) in [6.45, 7) is 2.26. The number of thiophene rings is 1. The summed E-state index contributed by atoms with van der Waals surface area (Å²) in [5.41, 5.74) is -1.85. The predicted octanol–water partition coefficient (Wildman–Crippen LogP) is 2.12. The van der Waals surface area contributed by atoms with E-state index in [0.29, 0.717) is 6.29 Å². The molecule has 0 aromatic carbocycles. The van der Waals surface area contributed by atoms with Crippen LogP contribution in [0.1, 0.15) is 28.2 Å². The van der Waals surface area contributed by atoms with E-state index in [-0.39, 0.29) is 38.4 Å². The van der Waals surface area contributed by atoms with Crippen molar-refractivity contribution in [3.05, 3.63) is 31.3 Å². The second kappa shape index (κ2) is 6.52. The maximum Gasteiger partial charge on any atom is 0.409 e. The molecule has 6 nitrogen and oxygen atoms in total. The van der Waals surface area contributed by atoms with Crippen LogP contribution >= 0.6 is 11.3 Å². The molecule has 0 saturated heterocycles. The number of aldehydes is 1. The highest BCUT2D eigenvalue weighted by Crippen LogP contribution is 2.30. The van der Waals surface area contributed by atoms with Crippen LogP contribution in [-0.2, 0) is 11.3 Å². The molecule has 10 heteroatoms. The van der Waals surface area contributed by atoms with Crippen LogP contribution in [0.3, 0.4) is 0 Å². The van der Waals surface area contributed by atoms with Crippen LogP contribution in [0.5, 0.6) is 0 Å². The van der Waals surface area contributed by atoms with E-state index in [0.717, 1.165) is 22.8 Å². The zero-order chi connectivity index (χ0) is 18.2. The van der Waals surface area contributed by atoms with Gasteiger partial charge in [0.1, 0.15) is 10.9 Å². The third kappa shape index (κ3) is 2.91. The number of carbonyl (C=O) groups is 1. The molecule has 2 aromatic rings. The van der Waals surface area contributed by atoms with Gasteiger partial charge in [0, 0.05) is 7.11 Å².